The number of hydrogen-bond acceptors (Lipinski definition) is 3. The molecule has 2 aromatic rings. The lowest BCUT2D eigenvalue weighted by molar-refractivity contribution is -0.159. The number of piperazine rings is 1. The highest BCUT2D eigenvalue weighted by Gasteiger charge is 2.54. The molecule has 6 nitrogen and oxygen atoms in total. The minimum atomic E-state index is -0.766. The lowest BCUT2D eigenvalue weighted by Crippen LogP contribution is -2.73. The first-order valence-corrected chi connectivity index (χ1v) is 11.3. The number of anilines is 1. The molecule has 34 heavy (non-hydrogen) atoms. The van der Waals surface area contributed by atoms with Gasteiger partial charge in [-0.3, -0.25) is 4.79 Å². The van der Waals surface area contributed by atoms with E-state index in [1.54, 1.807) is 4.90 Å². The lowest BCUT2D eigenvalue weighted by Gasteiger charge is -2.58. The Hall–Kier alpha value is -3.44. The van der Waals surface area contributed by atoms with Gasteiger partial charge < -0.3 is 20.2 Å². The van der Waals surface area contributed by atoms with E-state index >= 15 is 0 Å². The number of aliphatic hydroxyl groups is 1. The molecule has 8 heteroatoms. The predicted molar refractivity (Wildman–Crippen MR) is 124 cm³/mol. The summed E-state index contributed by atoms with van der Waals surface area (Å²) in [6.45, 7) is 4.04. The van der Waals surface area contributed by atoms with Gasteiger partial charge in [0.25, 0.3) is 0 Å². The van der Waals surface area contributed by atoms with E-state index in [-0.39, 0.29) is 49.3 Å². The number of aliphatic hydroxyl groups excluding tert-OH is 1. The highest BCUT2D eigenvalue weighted by Crippen LogP contribution is 2.43. The lowest BCUT2D eigenvalue weighted by atomic mass is 9.73. The maximum Gasteiger partial charge on any atom is 0.322 e. The van der Waals surface area contributed by atoms with Crippen LogP contribution in [-0.4, -0.2) is 58.6 Å². The van der Waals surface area contributed by atoms with Gasteiger partial charge in [0.15, 0.2) is 0 Å². The average molecular weight is 468 g/mol. The van der Waals surface area contributed by atoms with Gasteiger partial charge in [0, 0.05) is 30.5 Å². The van der Waals surface area contributed by atoms with Gasteiger partial charge in [-0.2, -0.15) is 0 Å². The van der Waals surface area contributed by atoms with Crippen molar-refractivity contribution in [2.24, 2.45) is 5.92 Å². The molecule has 2 saturated heterocycles. The molecule has 0 radical (unpaired) electrons. The Balaban J connectivity index is 1.49. The zero-order valence-corrected chi connectivity index (χ0v) is 19.1. The van der Waals surface area contributed by atoms with Crippen molar-refractivity contribution in [1.29, 1.82) is 0 Å². The Labute approximate surface area is 197 Å². The molecule has 2 aliphatic rings. The normalized spacial score (nSPS) is 21.5. The fourth-order valence-corrected chi connectivity index (χ4v) is 4.59. The topological polar surface area (TPSA) is 72.9 Å². The number of rotatable bonds is 4. The van der Waals surface area contributed by atoms with Crippen LogP contribution in [0, 0.1) is 29.4 Å². The maximum atomic E-state index is 13.9. The first-order valence-electron chi connectivity index (χ1n) is 11.3. The highest BCUT2D eigenvalue weighted by atomic mass is 19.1. The molecule has 0 aromatic heterocycles. The Kier molecular flexibility index (Phi) is 6.85. The SMILES string of the molecule is CC(C)CC#Cc1ccc([C@H]2[C@H]3CN(C(=O)Nc4cc(F)ccc4F)CC(=O)N3[C@H]2CO)cc1. The van der Waals surface area contributed by atoms with Crippen molar-refractivity contribution in [3.63, 3.8) is 0 Å². The minimum Gasteiger partial charge on any atom is -0.394 e. The number of fused-ring (bicyclic) bond motifs is 1. The number of urea groups is 1. The standard InChI is InChI=1S/C26H27F2N3O3/c1-16(2)4-3-5-17-6-8-18(9-7-17)25-22-13-30(14-24(33)31(22)23(25)15-32)26(34)29-21-12-19(27)10-11-20(21)28/h6-12,16,22-23,25,32H,4,13-15H2,1-2H3,(H,29,34)/t22-,23+,25+/m1/s1. The molecule has 2 aliphatic heterocycles. The number of halogens is 2. The third-order valence-corrected chi connectivity index (χ3v) is 6.25. The van der Waals surface area contributed by atoms with Crippen LogP contribution in [0.25, 0.3) is 0 Å². The average Bonchev–Trinajstić information content (AvgIpc) is 2.78. The van der Waals surface area contributed by atoms with Crippen LogP contribution in [0.5, 0.6) is 0 Å². The van der Waals surface area contributed by atoms with Gasteiger partial charge in [-0.1, -0.05) is 37.8 Å². The summed E-state index contributed by atoms with van der Waals surface area (Å²) in [7, 11) is 0. The summed E-state index contributed by atoms with van der Waals surface area (Å²) in [5.41, 5.74) is 1.55. The molecular formula is C26H27F2N3O3. The molecule has 0 spiro atoms. The van der Waals surface area contributed by atoms with Gasteiger partial charge in [-0.25, -0.2) is 13.6 Å². The third kappa shape index (κ3) is 4.75. The summed E-state index contributed by atoms with van der Waals surface area (Å²) in [5.74, 6) is 4.89. The Morgan fingerprint density at radius 1 is 1.21 bits per heavy atom. The molecule has 0 saturated carbocycles. The number of nitrogens with zero attached hydrogens (tertiary/aromatic N) is 2. The number of nitrogens with one attached hydrogen (secondary N) is 1. The van der Waals surface area contributed by atoms with Crippen molar-refractivity contribution in [3.8, 4) is 11.8 Å². The van der Waals surface area contributed by atoms with E-state index in [0.29, 0.717) is 5.92 Å². The maximum absolute atomic E-state index is 13.9. The second kappa shape index (κ2) is 9.82. The van der Waals surface area contributed by atoms with Gasteiger partial charge in [0.2, 0.25) is 5.91 Å². The minimum absolute atomic E-state index is 0.159. The van der Waals surface area contributed by atoms with E-state index in [9.17, 15) is 23.5 Å². The van der Waals surface area contributed by atoms with Crippen molar-refractivity contribution >= 4 is 17.6 Å². The zero-order chi connectivity index (χ0) is 24.4. The van der Waals surface area contributed by atoms with E-state index in [1.807, 2.05) is 24.3 Å². The largest absolute Gasteiger partial charge is 0.394 e. The van der Waals surface area contributed by atoms with E-state index in [2.05, 4.69) is 31.0 Å². The van der Waals surface area contributed by atoms with Crippen LogP contribution in [0.1, 0.15) is 37.3 Å². The Bertz CT molecular complexity index is 1140. The van der Waals surface area contributed by atoms with Crippen LogP contribution in [-0.2, 0) is 4.79 Å². The molecule has 0 bridgehead atoms. The molecular weight excluding hydrogens is 440 g/mol. The molecule has 0 unspecified atom stereocenters. The predicted octanol–water partition coefficient (Wildman–Crippen LogP) is 3.57. The molecule has 2 heterocycles. The number of amides is 3. The monoisotopic (exact) mass is 467 g/mol. The molecule has 0 aliphatic carbocycles. The number of carbonyl (C=O) groups is 2. The van der Waals surface area contributed by atoms with Crippen molar-refractivity contribution in [3.05, 3.63) is 65.2 Å². The summed E-state index contributed by atoms with van der Waals surface area (Å²) in [5, 5.41) is 12.3. The first-order chi connectivity index (χ1) is 16.3. The Morgan fingerprint density at radius 2 is 1.94 bits per heavy atom. The smallest absolute Gasteiger partial charge is 0.322 e. The molecule has 3 amide bonds. The number of benzene rings is 2. The van der Waals surface area contributed by atoms with Crippen LogP contribution >= 0.6 is 0 Å². The molecule has 3 atom stereocenters. The summed E-state index contributed by atoms with van der Waals surface area (Å²) in [6.07, 6.45) is 0.813. The van der Waals surface area contributed by atoms with Gasteiger partial charge in [-0.05, 0) is 35.7 Å². The molecule has 2 N–H and O–H groups in total. The van der Waals surface area contributed by atoms with Crippen LogP contribution in [0.3, 0.4) is 0 Å². The first kappa shape index (κ1) is 23.7. The van der Waals surface area contributed by atoms with E-state index in [0.717, 1.165) is 35.7 Å². The van der Waals surface area contributed by atoms with Crippen molar-refractivity contribution in [1.82, 2.24) is 9.80 Å². The third-order valence-electron chi connectivity index (χ3n) is 6.25. The van der Waals surface area contributed by atoms with Crippen LogP contribution < -0.4 is 5.32 Å². The van der Waals surface area contributed by atoms with Crippen molar-refractivity contribution < 1.29 is 23.5 Å². The highest BCUT2D eigenvalue weighted by molar-refractivity contribution is 5.94. The molecule has 2 aromatic carbocycles. The summed E-state index contributed by atoms with van der Waals surface area (Å²) >= 11 is 0. The summed E-state index contributed by atoms with van der Waals surface area (Å²) in [4.78, 5) is 28.4. The molecule has 2 fully saturated rings. The van der Waals surface area contributed by atoms with Gasteiger partial charge in [-0.15, -0.1) is 0 Å². The van der Waals surface area contributed by atoms with Crippen molar-refractivity contribution in [2.45, 2.75) is 38.3 Å². The zero-order valence-electron chi connectivity index (χ0n) is 19.1. The molecule has 4 rings (SSSR count). The quantitative estimate of drug-likeness (QED) is 0.676. The van der Waals surface area contributed by atoms with Gasteiger partial charge >= 0.3 is 6.03 Å². The molecule has 178 valence electrons. The van der Waals surface area contributed by atoms with Crippen LogP contribution in [0.2, 0.25) is 0 Å². The number of hydrogen-bond donors (Lipinski definition) is 2. The van der Waals surface area contributed by atoms with Crippen molar-refractivity contribution in [2.75, 3.05) is 25.0 Å². The second-order valence-corrected chi connectivity index (χ2v) is 9.10. The fraction of sp³-hybridized carbons (Fsp3) is 0.385. The Morgan fingerprint density at radius 3 is 2.62 bits per heavy atom. The summed E-state index contributed by atoms with van der Waals surface area (Å²) < 4.78 is 27.4. The van der Waals surface area contributed by atoms with Crippen LogP contribution in [0.15, 0.2) is 42.5 Å². The van der Waals surface area contributed by atoms with E-state index < -0.39 is 17.7 Å². The van der Waals surface area contributed by atoms with Crippen LogP contribution in [0.4, 0.5) is 19.3 Å². The van der Waals surface area contributed by atoms with Gasteiger partial charge in [0.05, 0.1) is 24.4 Å². The van der Waals surface area contributed by atoms with E-state index in [4.69, 9.17) is 0 Å². The second-order valence-electron chi connectivity index (χ2n) is 9.10. The number of carbonyl (C=O) groups excluding carboxylic acids is 2. The summed E-state index contributed by atoms with van der Waals surface area (Å²) in [6, 6.07) is 9.13. The fourth-order valence-electron chi connectivity index (χ4n) is 4.59. The van der Waals surface area contributed by atoms with E-state index in [1.165, 1.54) is 4.90 Å². The van der Waals surface area contributed by atoms with Gasteiger partial charge in [0.1, 0.15) is 18.2 Å².